The molecule has 130 valence electrons. The average molecular weight is 335 g/mol. The van der Waals surface area contributed by atoms with Crippen LogP contribution in [0.4, 0.5) is 0 Å². The Morgan fingerprint density at radius 3 is 2.68 bits per heavy atom. The van der Waals surface area contributed by atoms with E-state index in [1.165, 1.54) is 11.1 Å². The van der Waals surface area contributed by atoms with Gasteiger partial charge in [-0.05, 0) is 42.2 Å². The molecule has 0 aromatic heterocycles. The Labute approximate surface area is 149 Å². The van der Waals surface area contributed by atoms with Gasteiger partial charge < -0.3 is 15.3 Å². The number of guanidine groups is 1. The maximum absolute atomic E-state index is 9.59. The lowest BCUT2D eigenvalue weighted by atomic mass is 10.00. The molecule has 0 aliphatic carbocycles. The van der Waals surface area contributed by atoms with E-state index in [4.69, 9.17) is 4.99 Å². The molecule has 0 bridgehead atoms. The van der Waals surface area contributed by atoms with Crippen molar-refractivity contribution in [1.82, 2.24) is 10.2 Å². The van der Waals surface area contributed by atoms with Crippen LogP contribution in [0.3, 0.4) is 0 Å². The zero-order chi connectivity index (χ0) is 17.5. The third kappa shape index (κ3) is 4.63. The third-order valence-electron chi connectivity index (χ3n) is 4.31. The molecule has 0 saturated carbocycles. The van der Waals surface area contributed by atoms with Crippen molar-refractivity contribution in [2.45, 2.75) is 19.9 Å². The maximum Gasteiger partial charge on any atom is 0.194 e. The van der Waals surface area contributed by atoms with Gasteiger partial charge in [0, 0.05) is 19.6 Å². The Bertz CT molecular complexity index is 753. The van der Waals surface area contributed by atoms with Crippen molar-refractivity contribution in [3.8, 4) is 5.75 Å². The third-order valence-corrected chi connectivity index (χ3v) is 4.31. The summed E-state index contributed by atoms with van der Waals surface area (Å²) >= 11 is 0. The molecule has 0 atom stereocenters. The van der Waals surface area contributed by atoms with E-state index < -0.39 is 0 Å². The summed E-state index contributed by atoms with van der Waals surface area (Å²) in [5.74, 6) is 1.21. The summed E-state index contributed by atoms with van der Waals surface area (Å²) < 4.78 is 0. The van der Waals surface area contributed by atoms with Crippen LogP contribution in [0.15, 0.2) is 65.7 Å². The highest BCUT2D eigenvalue weighted by atomic mass is 16.3. The minimum Gasteiger partial charge on any atom is -0.508 e. The van der Waals surface area contributed by atoms with E-state index in [1.807, 2.05) is 12.1 Å². The normalized spacial score (nSPS) is 15.0. The predicted octanol–water partition coefficient (Wildman–Crippen LogP) is 3.65. The van der Waals surface area contributed by atoms with Gasteiger partial charge in [0.05, 0.1) is 6.54 Å². The lowest BCUT2D eigenvalue weighted by Crippen LogP contribution is -2.43. The van der Waals surface area contributed by atoms with Crippen LogP contribution < -0.4 is 5.32 Å². The Balaban J connectivity index is 1.69. The summed E-state index contributed by atoms with van der Waals surface area (Å²) in [6.45, 7) is 5.29. The Morgan fingerprint density at radius 1 is 1.16 bits per heavy atom. The van der Waals surface area contributed by atoms with Crippen LogP contribution in [0.1, 0.15) is 24.5 Å². The Morgan fingerprint density at radius 2 is 2.00 bits per heavy atom. The van der Waals surface area contributed by atoms with Crippen LogP contribution in [0, 0.1) is 0 Å². The van der Waals surface area contributed by atoms with E-state index in [1.54, 1.807) is 12.1 Å². The molecule has 0 fully saturated rings. The summed E-state index contributed by atoms with van der Waals surface area (Å²) in [5.41, 5.74) is 3.72. The molecule has 4 heteroatoms. The van der Waals surface area contributed by atoms with Crippen LogP contribution >= 0.6 is 0 Å². The summed E-state index contributed by atoms with van der Waals surface area (Å²) in [6.07, 6.45) is 3.31. The lowest BCUT2D eigenvalue weighted by molar-refractivity contribution is 0.440. The van der Waals surface area contributed by atoms with Crippen molar-refractivity contribution in [3.05, 3.63) is 71.8 Å². The van der Waals surface area contributed by atoms with Gasteiger partial charge in [-0.2, -0.15) is 0 Å². The number of nitrogens with one attached hydrogen (secondary N) is 1. The molecule has 0 amide bonds. The first-order chi connectivity index (χ1) is 12.3. The molecule has 4 nitrogen and oxygen atoms in total. The maximum atomic E-state index is 9.59. The monoisotopic (exact) mass is 335 g/mol. The Hall–Kier alpha value is -2.75. The number of benzene rings is 2. The molecule has 0 radical (unpaired) electrons. The second-order valence-corrected chi connectivity index (χ2v) is 6.13. The van der Waals surface area contributed by atoms with Crippen LogP contribution in [-0.4, -0.2) is 35.6 Å². The Kier molecular flexibility index (Phi) is 5.73. The van der Waals surface area contributed by atoms with Gasteiger partial charge in [0.25, 0.3) is 0 Å². The molecular formula is C21H25N3O. The summed E-state index contributed by atoms with van der Waals surface area (Å²) in [6, 6.07) is 17.8. The van der Waals surface area contributed by atoms with E-state index in [0.717, 1.165) is 37.6 Å². The molecule has 0 saturated heterocycles. The van der Waals surface area contributed by atoms with Gasteiger partial charge in [0.15, 0.2) is 5.96 Å². The molecule has 2 aromatic carbocycles. The number of phenolic OH excluding ortho intramolecular Hbond substituents is 1. The van der Waals surface area contributed by atoms with Crippen molar-refractivity contribution >= 4 is 11.5 Å². The summed E-state index contributed by atoms with van der Waals surface area (Å²) in [7, 11) is 0. The zero-order valence-corrected chi connectivity index (χ0v) is 14.7. The first-order valence-corrected chi connectivity index (χ1v) is 8.82. The second kappa shape index (κ2) is 8.38. The van der Waals surface area contributed by atoms with Gasteiger partial charge >= 0.3 is 0 Å². The van der Waals surface area contributed by atoms with Gasteiger partial charge in [-0.25, -0.2) is 4.99 Å². The average Bonchev–Trinajstić information content (AvgIpc) is 2.66. The van der Waals surface area contributed by atoms with E-state index in [2.05, 4.69) is 53.5 Å². The molecule has 0 unspecified atom stereocenters. The fraction of sp³-hybridized carbons (Fsp3) is 0.286. The molecule has 1 heterocycles. The van der Waals surface area contributed by atoms with Crippen molar-refractivity contribution in [1.29, 1.82) is 0 Å². The second-order valence-electron chi connectivity index (χ2n) is 6.13. The van der Waals surface area contributed by atoms with Gasteiger partial charge in [0.2, 0.25) is 0 Å². The molecule has 2 aromatic rings. The number of hydrogen-bond donors (Lipinski definition) is 2. The molecule has 1 aliphatic rings. The topological polar surface area (TPSA) is 47.9 Å². The SMILES string of the molecule is CCNC(=NCc1cccc(O)c1)N1CC=C(c2ccccc2)CC1. The number of phenols is 1. The number of rotatable bonds is 4. The van der Waals surface area contributed by atoms with Crippen molar-refractivity contribution in [2.24, 2.45) is 4.99 Å². The first-order valence-electron chi connectivity index (χ1n) is 8.82. The largest absolute Gasteiger partial charge is 0.508 e. The zero-order valence-electron chi connectivity index (χ0n) is 14.7. The van der Waals surface area contributed by atoms with Crippen LogP contribution in [0.25, 0.3) is 5.57 Å². The fourth-order valence-corrected chi connectivity index (χ4v) is 3.02. The smallest absolute Gasteiger partial charge is 0.194 e. The highest BCUT2D eigenvalue weighted by Gasteiger charge is 2.16. The van der Waals surface area contributed by atoms with E-state index in [-0.39, 0.29) is 5.75 Å². The van der Waals surface area contributed by atoms with E-state index in [9.17, 15) is 5.11 Å². The molecule has 0 spiro atoms. The molecule has 3 rings (SSSR count). The van der Waals surface area contributed by atoms with Crippen LogP contribution in [0.2, 0.25) is 0 Å². The number of hydrogen-bond acceptors (Lipinski definition) is 2. The van der Waals surface area contributed by atoms with Gasteiger partial charge in [0.1, 0.15) is 5.75 Å². The molecular weight excluding hydrogens is 310 g/mol. The highest BCUT2D eigenvalue weighted by molar-refractivity contribution is 5.81. The highest BCUT2D eigenvalue weighted by Crippen LogP contribution is 2.22. The van der Waals surface area contributed by atoms with Gasteiger partial charge in [-0.15, -0.1) is 0 Å². The number of aliphatic imine (C=N–C) groups is 1. The molecule has 1 aliphatic heterocycles. The summed E-state index contributed by atoms with van der Waals surface area (Å²) in [5, 5.41) is 13.0. The minimum absolute atomic E-state index is 0.283. The van der Waals surface area contributed by atoms with E-state index >= 15 is 0 Å². The minimum atomic E-state index is 0.283. The first kappa shape index (κ1) is 17.1. The van der Waals surface area contributed by atoms with Crippen molar-refractivity contribution in [2.75, 3.05) is 19.6 Å². The summed E-state index contributed by atoms with van der Waals surface area (Å²) in [4.78, 5) is 7.01. The quantitative estimate of drug-likeness (QED) is 0.662. The fourth-order valence-electron chi connectivity index (χ4n) is 3.02. The lowest BCUT2D eigenvalue weighted by Gasteiger charge is -2.30. The predicted molar refractivity (Wildman–Crippen MR) is 104 cm³/mol. The standard InChI is InChI=1S/C21H25N3O/c1-2-22-21(23-16-17-7-6-10-20(25)15-17)24-13-11-19(12-14-24)18-8-4-3-5-9-18/h3-11,15,25H,2,12-14,16H2,1H3,(H,22,23). The van der Waals surface area contributed by atoms with Crippen LogP contribution in [-0.2, 0) is 6.54 Å². The van der Waals surface area contributed by atoms with Crippen molar-refractivity contribution < 1.29 is 5.11 Å². The number of aromatic hydroxyl groups is 1. The van der Waals surface area contributed by atoms with Crippen LogP contribution in [0.5, 0.6) is 5.75 Å². The number of nitrogens with zero attached hydrogens (tertiary/aromatic N) is 2. The van der Waals surface area contributed by atoms with Gasteiger partial charge in [-0.3, -0.25) is 0 Å². The molecule has 2 N–H and O–H groups in total. The molecule has 25 heavy (non-hydrogen) atoms. The van der Waals surface area contributed by atoms with Crippen molar-refractivity contribution in [3.63, 3.8) is 0 Å². The van der Waals surface area contributed by atoms with Gasteiger partial charge in [-0.1, -0.05) is 48.5 Å². The van der Waals surface area contributed by atoms with E-state index in [0.29, 0.717) is 6.54 Å².